The summed E-state index contributed by atoms with van der Waals surface area (Å²) in [6.45, 7) is 7.90. The van der Waals surface area contributed by atoms with Gasteiger partial charge < -0.3 is 14.9 Å². The van der Waals surface area contributed by atoms with Crippen molar-refractivity contribution in [3.05, 3.63) is 29.6 Å². The van der Waals surface area contributed by atoms with Crippen LogP contribution in [0, 0.1) is 6.92 Å². The molecule has 1 atom stereocenters. The fraction of sp³-hybridized carbons (Fsp3) is 0.700. The number of aliphatic hydroxyl groups is 1. The molecule has 0 aromatic carbocycles. The van der Waals surface area contributed by atoms with Gasteiger partial charge >= 0.3 is 0 Å². The summed E-state index contributed by atoms with van der Waals surface area (Å²) in [6.07, 6.45) is 6.52. The number of aromatic nitrogens is 1. The summed E-state index contributed by atoms with van der Waals surface area (Å²) in [7, 11) is 0. The summed E-state index contributed by atoms with van der Waals surface area (Å²) in [6, 6.07) is 4.30. The van der Waals surface area contributed by atoms with Crippen LogP contribution in [0.2, 0.25) is 0 Å². The van der Waals surface area contributed by atoms with Crippen LogP contribution in [0.1, 0.15) is 56.2 Å². The van der Waals surface area contributed by atoms with E-state index in [9.17, 15) is 9.90 Å². The highest BCUT2D eigenvalue weighted by molar-refractivity contribution is 5.73. The van der Waals surface area contributed by atoms with E-state index in [-0.39, 0.29) is 5.91 Å². The second kappa shape index (κ2) is 7.83. The maximum Gasteiger partial charge on any atom is 0.219 e. The average Bonchev–Trinajstić information content (AvgIpc) is 2.78. The number of aryl methyl sites for hydroxylation is 1. The van der Waals surface area contributed by atoms with Crippen LogP contribution < -0.4 is 0 Å². The van der Waals surface area contributed by atoms with Gasteiger partial charge in [0.1, 0.15) is 0 Å². The quantitative estimate of drug-likeness (QED) is 0.913. The van der Waals surface area contributed by atoms with Crippen LogP contribution in [0.5, 0.6) is 0 Å². The molecule has 0 saturated carbocycles. The first-order valence-electron chi connectivity index (χ1n) is 9.58. The highest BCUT2D eigenvalue weighted by Gasteiger charge is 2.34. The van der Waals surface area contributed by atoms with Crippen LogP contribution >= 0.6 is 0 Å². The molecule has 1 amide bonds. The van der Waals surface area contributed by atoms with Crippen molar-refractivity contribution in [2.24, 2.45) is 0 Å². The minimum absolute atomic E-state index is 0.121. The number of likely N-dealkylation sites (tertiary alicyclic amines) is 2. The summed E-state index contributed by atoms with van der Waals surface area (Å²) in [5.74, 6) is 0.657. The zero-order valence-electron chi connectivity index (χ0n) is 15.6. The van der Waals surface area contributed by atoms with E-state index in [1.165, 1.54) is 11.3 Å². The standard InChI is InChI=1S/C20H31N3O2/c1-16-4-5-19(21-14-16)18-6-11-22(12-7-18)15-20(25)8-3-10-23(13-9-20)17(2)24/h4-5,14,18,25H,3,6-13,15H2,1-2H3/t20-/m1/s1. The normalized spacial score (nSPS) is 26.4. The van der Waals surface area contributed by atoms with Crippen molar-refractivity contribution < 1.29 is 9.90 Å². The lowest BCUT2D eigenvalue weighted by atomic mass is 9.90. The summed E-state index contributed by atoms with van der Waals surface area (Å²) < 4.78 is 0. The molecule has 1 aromatic rings. The molecule has 5 heteroatoms. The molecule has 5 nitrogen and oxygen atoms in total. The molecule has 0 unspecified atom stereocenters. The van der Waals surface area contributed by atoms with Gasteiger partial charge in [-0.25, -0.2) is 0 Å². The molecule has 2 aliphatic rings. The second-order valence-electron chi connectivity index (χ2n) is 7.89. The Kier molecular flexibility index (Phi) is 5.74. The molecule has 2 aliphatic heterocycles. The Morgan fingerprint density at radius 2 is 2.00 bits per heavy atom. The number of pyridine rings is 1. The maximum atomic E-state index is 11.6. The number of rotatable bonds is 3. The van der Waals surface area contributed by atoms with Gasteiger partial charge in [-0.05, 0) is 63.7 Å². The van der Waals surface area contributed by atoms with Crippen molar-refractivity contribution >= 4 is 5.91 Å². The van der Waals surface area contributed by atoms with Crippen molar-refractivity contribution in [1.82, 2.24) is 14.8 Å². The SMILES string of the molecule is CC(=O)N1CCC[C@](O)(CN2CCC(c3ccc(C)cn3)CC2)CC1. The Balaban J connectivity index is 1.51. The first kappa shape index (κ1) is 18.3. The molecule has 1 aromatic heterocycles. The Labute approximate surface area is 151 Å². The van der Waals surface area contributed by atoms with Crippen LogP contribution in [-0.4, -0.2) is 64.1 Å². The van der Waals surface area contributed by atoms with E-state index in [1.807, 2.05) is 11.1 Å². The zero-order valence-corrected chi connectivity index (χ0v) is 15.6. The van der Waals surface area contributed by atoms with E-state index >= 15 is 0 Å². The number of carbonyl (C=O) groups excluding carboxylic acids is 1. The Hall–Kier alpha value is -1.46. The summed E-state index contributed by atoms with van der Waals surface area (Å²) >= 11 is 0. The van der Waals surface area contributed by atoms with E-state index in [4.69, 9.17) is 0 Å². The zero-order chi connectivity index (χ0) is 17.9. The third kappa shape index (κ3) is 4.79. The Bertz CT molecular complexity index is 581. The van der Waals surface area contributed by atoms with Crippen molar-refractivity contribution in [3.8, 4) is 0 Å². The van der Waals surface area contributed by atoms with E-state index in [1.54, 1.807) is 6.92 Å². The van der Waals surface area contributed by atoms with Gasteiger partial charge in [0, 0.05) is 44.4 Å². The number of β-amino-alcohol motifs (C(OH)–C–C–N with tert-alkyl or cyclic N) is 1. The second-order valence-corrected chi connectivity index (χ2v) is 7.89. The monoisotopic (exact) mass is 345 g/mol. The van der Waals surface area contributed by atoms with E-state index in [0.717, 1.165) is 51.9 Å². The minimum Gasteiger partial charge on any atom is -0.388 e. The highest BCUT2D eigenvalue weighted by atomic mass is 16.3. The lowest BCUT2D eigenvalue weighted by molar-refractivity contribution is -0.129. The number of amides is 1. The van der Waals surface area contributed by atoms with Crippen molar-refractivity contribution in [2.75, 3.05) is 32.7 Å². The molecule has 0 aliphatic carbocycles. The van der Waals surface area contributed by atoms with Gasteiger partial charge in [-0.2, -0.15) is 0 Å². The third-order valence-electron chi connectivity index (χ3n) is 5.82. The number of nitrogens with zero attached hydrogens (tertiary/aromatic N) is 3. The predicted octanol–water partition coefficient (Wildman–Crippen LogP) is 2.33. The van der Waals surface area contributed by atoms with Crippen molar-refractivity contribution in [1.29, 1.82) is 0 Å². The molecule has 0 bridgehead atoms. The number of carbonyl (C=O) groups is 1. The number of hydrogen-bond donors (Lipinski definition) is 1. The number of piperidine rings is 1. The van der Waals surface area contributed by atoms with Crippen molar-refractivity contribution in [3.63, 3.8) is 0 Å². The first-order valence-corrected chi connectivity index (χ1v) is 9.58. The van der Waals surface area contributed by atoms with Crippen LogP contribution in [0.15, 0.2) is 18.3 Å². The van der Waals surface area contributed by atoms with E-state index in [2.05, 4.69) is 28.9 Å². The molecular formula is C20H31N3O2. The Morgan fingerprint density at radius 3 is 2.64 bits per heavy atom. The highest BCUT2D eigenvalue weighted by Crippen LogP contribution is 2.30. The molecular weight excluding hydrogens is 314 g/mol. The largest absolute Gasteiger partial charge is 0.388 e. The third-order valence-corrected chi connectivity index (χ3v) is 5.82. The molecule has 1 N–H and O–H groups in total. The van der Waals surface area contributed by atoms with Gasteiger partial charge in [0.2, 0.25) is 5.91 Å². The fourth-order valence-electron chi connectivity index (χ4n) is 4.18. The van der Waals surface area contributed by atoms with E-state index < -0.39 is 5.60 Å². The van der Waals surface area contributed by atoms with Gasteiger partial charge in [-0.15, -0.1) is 0 Å². The molecule has 2 fully saturated rings. The topological polar surface area (TPSA) is 56.7 Å². The van der Waals surface area contributed by atoms with Crippen LogP contribution in [0.3, 0.4) is 0 Å². The van der Waals surface area contributed by atoms with Crippen LogP contribution in [0.25, 0.3) is 0 Å². The van der Waals surface area contributed by atoms with Gasteiger partial charge in [0.05, 0.1) is 5.60 Å². The van der Waals surface area contributed by atoms with Gasteiger partial charge in [-0.1, -0.05) is 6.07 Å². The molecule has 3 heterocycles. The summed E-state index contributed by atoms with van der Waals surface area (Å²) in [5.41, 5.74) is 1.76. The van der Waals surface area contributed by atoms with Gasteiger partial charge in [0.15, 0.2) is 0 Å². The minimum atomic E-state index is -0.654. The molecule has 138 valence electrons. The fourth-order valence-corrected chi connectivity index (χ4v) is 4.18. The summed E-state index contributed by atoms with van der Waals surface area (Å²) in [5, 5.41) is 11.0. The van der Waals surface area contributed by atoms with Gasteiger partial charge in [0.25, 0.3) is 0 Å². The Morgan fingerprint density at radius 1 is 1.24 bits per heavy atom. The summed E-state index contributed by atoms with van der Waals surface area (Å²) in [4.78, 5) is 20.4. The molecule has 3 rings (SSSR count). The lowest BCUT2D eigenvalue weighted by Crippen LogP contribution is -2.46. The average molecular weight is 345 g/mol. The molecule has 0 radical (unpaired) electrons. The van der Waals surface area contributed by atoms with Crippen LogP contribution in [-0.2, 0) is 4.79 Å². The molecule has 0 spiro atoms. The maximum absolute atomic E-state index is 11.6. The number of hydrogen-bond acceptors (Lipinski definition) is 4. The lowest BCUT2D eigenvalue weighted by Gasteiger charge is -2.37. The first-order chi connectivity index (χ1) is 12.0. The van der Waals surface area contributed by atoms with Crippen molar-refractivity contribution in [2.45, 2.75) is 57.5 Å². The molecule has 25 heavy (non-hydrogen) atoms. The smallest absolute Gasteiger partial charge is 0.219 e. The van der Waals surface area contributed by atoms with E-state index in [0.29, 0.717) is 18.9 Å². The predicted molar refractivity (Wildman–Crippen MR) is 98.4 cm³/mol. The van der Waals surface area contributed by atoms with Crippen LogP contribution in [0.4, 0.5) is 0 Å². The van der Waals surface area contributed by atoms with Gasteiger partial charge in [-0.3, -0.25) is 9.78 Å². The molecule has 2 saturated heterocycles.